The molecule has 4 rings (SSSR count). The maximum absolute atomic E-state index is 12.9. The van der Waals surface area contributed by atoms with E-state index in [1.807, 2.05) is 0 Å². The van der Waals surface area contributed by atoms with Gasteiger partial charge in [0.05, 0.1) is 11.1 Å². The number of likely N-dealkylation sites (tertiary alicyclic amines) is 1. The molecule has 1 saturated heterocycles. The topological polar surface area (TPSA) is 117 Å². The van der Waals surface area contributed by atoms with Crippen LogP contribution in [-0.2, 0) is 16.1 Å². The summed E-state index contributed by atoms with van der Waals surface area (Å²) >= 11 is 0. The van der Waals surface area contributed by atoms with Gasteiger partial charge in [-0.2, -0.15) is 0 Å². The van der Waals surface area contributed by atoms with Gasteiger partial charge in [-0.1, -0.05) is 6.07 Å². The molecule has 2 aliphatic heterocycles. The second-order valence-electron chi connectivity index (χ2n) is 7.12. The summed E-state index contributed by atoms with van der Waals surface area (Å²) in [6.45, 7) is 0.162. The Morgan fingerprint density at radius 3 is 2.50 bits per heavy atom. The van der Waals surface area contributed by atoms with Crippen molar-refractivity contribution in [3.63, 3.8) is 0 Å². The summed E-state index contributed by atoms with van der Waals surface area (Å²) < 4.78 is 0. The Labute approximate surface area is 171 Å². The third-order valence-corrected chi connectivity index (χ3v) is 5.31. The van der Waals surface area contributed by atoms with Crippen LogP contribution in [0.3, 0.4) is 0 Å². The maximum Gasteiger partial charge on any atom is 0.262 e. The highest BCUT2D eigenvalue weighted by molar-refractivity contribution is 6.23. The fourth-order valence-electron chi connectivity index (χ4n) is 3.62. The lowest BCUT2D eigenvalue weighted by Crippen LogP contribution is -2.54. The second-order valence-corrected chi connectivity index (χ2v) is 7.12. The Balaban J connectivity index is 1.52. The molecule has 2 aromatic rings. The van der Waals surface area contributed by atoms with Crippen molar-refractivity contribution in [1.82, 2.24) is 20.1 Å². The van der Waals surface area contributed by atoms with Crippen molar-refractivity contribution >= 4 is 29.5 Å². The number of aromatic nitrogens is 1. The molecule has 1 aromatic carbocycles. The Hall–Kier alpha value is -3.88. The first-order valence-corrected chi connectivity index (χ1v) is 9.38. The molecule has 0 bridgehead atoms. The molecule has 1 N–H and O–H groups in total. The summed E-state index contributed by atoms with van der Waals surface area (Å²) in [6.07, 6.45) is 3.23. The molecule has 0 aliphatic carbocycles. The number of nitrogens with one attached hydrogen (secondary N) is 1. The van der Waals surface area contributed by atoms with E-state index in [-0.39, 0.29) is 42.3 Å². The van der Waals surface area contributed by atoms with Gasteiger partial charge in [0.2, 0.25) is 5.91 Å². The fraction of sp³-hybridized carbons (Fsp3) is 0.238. The molecule has 9 nitrogen and oxygen atoms in total. The molecule has 2 aliphatic rings. The molecule has 1 fully saturated rings. The third-order valence-electron chi connectivity index (χ3n) is 5.31. The fourth-order valence-corrected chi connectivity index (χ4v) is 3.62. The highest BCUT2D eigenvalue weighted by Crippen LogP contribution is 2.29. The monoisotopic (exact) mass is 406 g/mol. The average molecular weight is 406 g/mol. The number of amides is 5. The molecule has 9 heteroatoms. The van der Waals surface area contributed by atoms with Gasteiger partial charge in [-0.15, -0.1) is 0 Å². The predicted molar refractivity (Wildman–Crippen MR) is 103 cm³/mol. The summed E-state index contributed by atoms with van der Waals surface area (Å²) in [4.78, 5) is 67.8. The Bertz CT molecular complexity index is 1080. The summed E-state index contributed by atoms with van der Waals surface area (Å²) in [5, 5.41) is 2.75. The van der Waals surface area contributed by atoms with Gasteiger partial charge in [0.25, 0.3) is 23.6 Å². The lowest BCUT2D eigenvalue weighted by molar-refractivity contribution is -0.149. The van der Waals surface area contributed by atoms with E-state index >= 15 is 0 Å². The molecule has 0 spiro atoms. The molecule has 5 amide bonds. The molecule has 152 valence electrons. The number of nitrogens with zero attached hydrogens (tertiary/aromatic N) is 3. The van der Waals surface area contributed by atoms with Crippen molar-refractivity contribution in [2.75, 3.05) is 7.05 Å². The van der Waals surface area contributed by atoms with E-state index in [4.69, 9.17) is 0 Å². The third kappa shape index (κ3) is 3.24. The van der Waals surface area contributed by atoms with E-state index in [0.29, 0.717) is 11.1 Å². The van der Waals surface area contributed by atoms with E-state index in [9.17, 15) is 24.0 Å². The maximum atomic E-state index is 12.9. The van der Waals surface area contributed by atoms with Crippen LogP contribution in [0.15, 0.2) is 42.7 Å². The van der Waals surface area contributed by atoms with Crippen LogP contribution in [-0.4, -0.2) is 57.4 Å². The normalized spacial score (nSPS) is 18.6. The van der Waals surface area contributed by atoms with Gasteiger partial charge in [-0.05, 0) is 36.2 Å². The Morgan fingerprint density at radius 2 is 1.77 bits per heavy atom. The standard InChI is InChI=1S/C21H18N4O5/c1-24-17(26)5-4-16(21(24)30)25-19(28)14-3-2-12(10-15(14)20(25)29)11-23-18(27)13-6-8-22-9-7-13/h2-3,6-10,16H,4-5,11H2,1H3,(H,23,27). The number of hydrogen-bond donors (Lipinski definition) is 1. The number of hydrogen-bond acceptors (Lipinski definition) is 6. The molecular formula is C21H18N4O5. The van der Waals surface area contributed by atoms with E-state index in [0.717, 1.165) is 9.80 Å². The number of carbonyl (C=O) groups is 5. The minimum atomic E-state index is -0.991. The van der Waals surface area contributed by atoms with Gasteiger partial charge in [0.15, 0.2) is 0 Å². The van der Waals surface area contributed by atoms with Crippen molar-refractivity contribution in [1.29, 1.82) is 0 Å². The number of fused-ring (bicyclic) bond motifs is 1. The number of benzene rings is 1. The largest absolute Gasteiger partial charge is 0.348 e. The highest BCUT2D eigenvalue weighted by atomic mass is 16.2. The number of carbonyl (C=O) groups excluding carboxylic acids is 5. The van der Waals surface area contributed by atoms with Crippen LogP contribution < -0.4 is 5.32 Å². The number of likely N-dealkylation sites (N-methyl/N-ethyl adjacent to an activating group) is 1. The molecule has 1 aromatic heterocycles. The van der Waals surface area contributed by atoms with Crippen molar-refractivity contribution in [2.24, 2.45) is 0 Å². The van der Waals surface area contributed by atoms with Gasteiger partial charge in [0.1, 0.15) is 6.04 Å². The number of piperidine rings is 1. The average Bonchev–Trinajstić information content (AvgIpc) is 3.01. The Kier molecular flexibility index (Phi) is 4.86. The van der Waals surface area contributed by atoms with Crippen LogP contribution in [0, 0.1) is 0 Å². The first-order valence-electron chi connectivity index (χ1n) is 9.38. The molecular weight excluding hydrogens is 388 g/mol. The minimum Gasteiger partial charge on any atom is -0.348 e. The quantitative estimate of drug-likeness (QED) is 0.749. The zero-order chi connectivity index (χ0) is 21.4. The van der Waals surface area contributed by atoms with Gasteiger partial charge >= 0.3 is 0 Å². The van der Waals surface area contributed by atoms with Crippen molar-refractivity contribution in [2.45, 2.75) is 25.4 Å². The molecule has 0 radical (unpaired) electrons. The molecule has 3 heterocycles. The summed E-state index contributed by atoms with van der Waals surface area (Å²) in [6, 6.07) is 6.90. The molecule has 0 saturated carbocycles. The van der Waals surface area contributed by atoms with Crippen LogP contribution in [0.2, 0.25) is 0 Å². The number of imide groups is 2. The van der Waals surface area contributed by atoms with E-state index in [1.165, 1.54) is 25.5 Å². The number of pyridine rings is 1. The molecule has 1 atom stereocenters. The van der Waals surface area contributed by atoms with Crippen LogP contribution in [0.4, 0.5) is 0 Å². The van der Waals surface area contributed by atoms with Crippen LogP contribution in [0.1, 0.15) is 49.5 Å². The SMILES string of the molecule is CN1C(=O)CCC(N2C(=O)c3ccc(CNC(=O)c4ccncc4)cc3C2=O)C1=O. The van der Waals surface area contributed by atoms with Gasteiger partial charge in [0, 0.05) is 38.0 Å². The van der Waals surface area contributed by atoms with Crippen LogP contribution in [0.25, 0.3) is 0 Å². The first-order chi connectivity index (χ1) is 14.4. The van der Waals surface area contributed by atoms with E-state index in [2.05, 4.69) is 10.3 Å². The Morgan fingerprint density at radius 1 is 1.07 bits per heavy atom. The lowest BCUT2D eigenvalue weighted by atomic mass is 10.0. The lowest BCUT2D eigenvalue weighted by Gasteiger charge is -2.32. The zero-order valence-electron chi connectivity index (χ0n) is 16.1. The zero-order valence-corrected chi connectivity index (χ0v) is 16.1. The minimum absolute atomic E-state index is 0.0899. The van der Waals surface area contributed by atoms with Gasteiger partial charge in [-0.25, -0.2) is 0 Å². The molecule has 1 unspecified atom stereocenters. The summed E-state index contributed by atoms with van der Waals surface area (Å²) in [7, 11) is 1.35. The van der Waals surface area contributed by atoms with Gasteiger partial charge < -0.3 is 5.32 Å². The second kappa shape index (κ2) is 7.51. The van der Waals surface area contributed by atoms with Crippen LogP contribution in [0.5, 0.6) is 0 Å². The van der Waals surface area contributed by atoms with E-state index in [1.54, 1.807) is 24.3 Å². The van der Waals surface area contributed by atoms with Gasteiger partial charge in [-0.3, -0.25) is 38.8 Å². The van der Waals surface area contributed by atoms with Crippen molar-refractivity contribution in [3.8, 4) is 0 Å². The summed E-state index contributed by atoms with van der Waals surface area (Å²) in [5.41, 5.74) is 1.49. The first kappa shape index (κ1) is 19.4. The smallest absolute Gasteiger partial charge is 0.262 e. The van der Waals surface area contributed by atoms with E-state index < -0.39 is 23.8 Å². The van der Waals surface area contributed by atoms with Crippen LogP contribution >= 0.6 is 0 Å². The van der Waals surface area contributed by atoms with Crippen molar-refractivity contribution in [3.05, 3.63) is 65.0 Å². The summed E-state index contributed by atoms with van der Waals surface area (Å²) in [5.74, 6) is -2.31. The predicted octanol–water partition coefficient (Wildman–Crippen LogP) is 0.755. The number of rotatable bonds is 4. The highest BCUT2D eigenvalue weighted by Gasteiger charge is 2.46. The molecule has 30 heavy (non-hydrogen) atoms. The van der Waals surface area contributed by atoms with Crippen molar-refractivity contribution < 1.29 is 24.0 Å².